The lowest BCUT2D eigenvalue weighted by molar-refractivity contribution is 0.410. The summed E-state index contributed by atoms with van der Waals surface area (Å²) in [6.07, 6.45) is 6.23. The van der Waals surface area contributed by atoms with Gasteiger partial charge in [0.2, 0.25) is 10.0 Å². The molecule has 0 spiro atoms. The van der Waals surface area contributed by atoms with E-state index in [2.05, 4.69) is 16.9 Å². The summed E-state index contributed by atoms with van der Waals surface area (Å²) in [5, 5.41) is 2.10. The quantitative estimate of drug-likeness (QED) is 0.242. The lowest BCUT2D eigenvalue weighted by atomic mass is 10.1. The molecule has 0 aliphatic rings. The van der Waals surface area contributed by atoms with Crippen LogP contribution in [0.1, 0.15) is 59.3 Å². The first kappa shape index (κ1) is 26.4. The summed E-state index contributed by atoms with van der Waals surface area (Å²) in [5.74, 6) is 0. The fourth-order valence-electron chi connectivity index (χ4n) is 3.99. The van der Waals surface area contributed by atoms with E-state index in [0.717, 1.165) is 47.6 Å². The van der Waals surface area contributed by atoms with Crippen molar-refractivity contribution >= 4 is 27.0 Å². The van der Waals surface area contributed by atoms with Crippen LogP contribution in [0, 0.1) is 0 Å². The molecule has 0 N–H and O–H groups in total. The van der Waals surface area contributed by atoms with Crippen molar-refractivity contribution in [3.63, 3.8) is 0 Å². The largest absolute Gasteiger partial charge is 0.316 e. The second-order valence-electron chi connectivity index (χ2n) is 8.50. The standard InChI is InChI=1S/C27H37N3O2S2/c1-4-7-8-12-20-30-26(22-33-27(30)28-24-15-10-9-11-16-24)23-14-13-17-25(21-23)34(31,32)29(18-5-2)19-6-3/h9-11,13-17,21-22H,4-8,12,18-20H2,1-3H3. The summed E-state index contributed by atoms with van der Waals surface area (Å²) < 4.78 is 30.6. The number of hydrogen-bond acceptors (Lipinski definition) is 4. The van der Waals surface area contributed by atoms with Crippen molar-refractivity contribution in [2.45, 2.75) is 70.7 Å². The highest BCUT2D eigenvalue weighted by Gasteiger charge is 2.23. The minimum atomic E-state index is -3.53. The molecule has 0 atom stereocenters. The van der Waals surface area contributed by atoms with Crippen molar-refractivity contribution in [2.75, 3.05) is 13.1 Å². The summed E-state index contributed by atoms with van der Waals surface area (Å²) in [5.41, 5.74) is 2.85. The Morgan fingerprint density at radius 1 is 0.882 bits per heavy atom. The van der Waals surface area contributed by atoms with Crippen LogP contribution in [0.15, 0.2) is 69.9 Å². The Balaban J connectivity index is 2.03. The third-order valence-corrected chi connectivity index (χ3v) is 8.49. The molecule has 3 rings (SSSR count). The fourth-order valence-corrected chi connectivity index (χ4v) is 6.62. The third kappa shape index (κ3) is 6.68. The maximum atomic E-state index is 13.4. The van der Waals surface area contributed by atoms with Crippen LogP contribution in [0.4, 0.5) is 5.69 Å². The molecule has 184 valence electrons. The van der Waals surface area contributed by atoms with Crippen LogP contribution in [0.5, 0.6) is 0 Å². The van der Waals surface area contributed by atoms with Crippen molar-refractivity contribution in [3.05, 3.63) is 64.8 Å². The molecule has 7 heteroatoms. The Morgan fingerprint density at radius 3 is 2.29 bits per heavy atom. The Hall–Kier alpha value is -2.22. The van der Waals surface area contributed by atoms with E-state index in [0.29, 0.717) is 18.0 Å². The molecule has 5 nitrogen and oxygen atoms in total. The molecule has 0 amide bonds. The van der Waals surface area contributed by atoms with Gasteiger partial charge in [-0.3, -0.25) is 0 Å². The first-order valence-electron chi connectivity index (χ1n) is 12.4. The average Bonchev–Trinajstić information content (AvgIpc) is 3.24. The molecule has 0 unspecified atom stereocenters. The third-order valence-electron chi connectivity index (χ3n) is 5.73. The molecule has 0 bridgehead atoms. The lowest BCUT2D eigenvalue weighted by Gasteiger charge is -2.21. The van der Waals surface area contributed by atoms with Crippen molar-refractivity contribution in [2.24, 2.45) is 4.99 Å². The number of para-hydroxylation sites is 1. The molecule has 0 radical (unpaired) electrons. The summed E-state index contributed by atoms with van der Waals surface area (Å²) in [4.78, 5) is 6.18. The molecule has 0 aliphatic heterocycles. The van der Waals surface area contributed by atoms with Gasteiger partial charge in [-0.05, 0) is 43.5 Å². The van der Waals surface area contributed by atoms with E-state index < -0.39 is 10.0 Å². The topological polar surface area (TPSA) is 54.7 Å². The molecule has 2 aromatic carbocycles. The molecule has 0 aliphatic carbocycles. The maximum absolute atomic E-state index is 13.4. The molecule has 1 aromatic heterocycles. The van der Waals surface area contributed by atoms with Crippen molar-refractivity contribution in [1.82, 2.24) is 8.87 Å². The zero-order chi connectivity index (χ0) is 24.4. The molecule has 3 aromatic rings. The predicted octanol–water partition coefficient (Wildman–Crippen LogP) is 6.84. The van der Waals surface area contributed by atoms with Gasteiger partial charge in [0.1, 0.15) is 0 Å². The highest BCUT2D eigenvalue weighted by Crippen LogP contribution is 2.26. The maximum Gasteiger partial charge on any atom is 0.243 e. The monoisotopic (exact) mass is 499 g/mol. The number of benzene rings is 2. The average molecular weight is 500 g/mol. The highest BCUT2D eigenvalue weighted by molar-refractivity contribution is 7.89. The summed E-state index contributed by atoms with van der Waals surface area (Å²) in [6.45, 7) is 8.18. The van der Waals surface area contributed by atoms with Crippen LogP contribution < -0.4 is 4.80 Å². The Kier molecular flexibility index (Phi) is 10.1. The van der Waals surface area contributed by atoms with E-state index in [1.807, 2.05) is 62.4 Å². The first-order chi connectivity index (χ1) is 16.5. The van der Waals surface area contributed by atoms with Gasteiger partial charge in [-0.1, -0.05) is 70.4 Å². The number of thiazole rings is 1. The Labute approximate surface area is 208 Å². The van der Waals surface area contributed by atoms with Gasteiger partial charge in [0.15, 0.2) is 4.80 Å². The zero-order valence-electron chi connectivity index (χ0n) is 20.6. The second-order valence-corrected chi connectivity index (χ2v) is 11.3. The molecular weight excluding hydrogens is 462 g/mol. The van der Waals surface area contributed by atoms with E-state index in [1.54, 1.807) is 21.7 Å². The van der Waals surface area contributed by atoms with Gasteiger partial charge in [-0.25, -0.2) is 13.4 Å². The number of hydrogen-bond donors (Lipinski definition) is 0. The molecule has 1 heterocycles. The van der Waals surface area contributed by atoms with E-state index in [1.165, 1.54) is 19.3 Å². The van der Waals surface area contributed by atoms with Gasteiger partial charge in [0.25, 0.3) is 0 Å². The summed E-state index contributed by atoms with van der Waals surface area (Å²) in [6, 6.07) is 17.4. The molecule has 34 heavy (non-hydrogen) atoms. The highest BCUT2D eigenvalue weighted by atomic mass is 32.2. The smallest absolute Gasteiger partial charge is 0.243 e. The summed E-state index contributed by atoms with van der Waals surface area (Å²) in [7, 11) is -3.53. The van der Waals surface area contributed by atoms with Crippen molar-refractivity contribution in [1.29, 1.82) is 0 Å². The van der Waals surface area contributed by atoms with Crippen LogP contribution in [0.2, 0.25) is 0 Å². The first-order valence-corrected chi connectivity index (χ1v) is 14.7. The van der Waals surface area contributed by atoms with Gasteiger partial charge >= 0.3 is 0 Å². The summed E-state index contributed by atoms with van der Waals surface area (Å²) >= 11 is 1.60. The van der Waals surface area contributed by atoms with E-state index >= 15 is 0 Å². The van der Waals surface area contributed by atoms with Gasteiger partial charge < -0.3 is 4.57 Å². The Bertz CT molecular complexity index is 1190. The van der Waals surface area contributed by atoms with E-state index in [4.69, 9.17) is 4.99 Å². The lowest BCUT2D eigenvalue weighted by Crippen LogP contribution is -2.32. The van der Waals surface area contributed by atoms with Gasteiger partial charge in [0, 0.05) is 30.6 Å². The van der Waals surface area contributed by atoms with E-state index in [-0.39, 0.29) is 0 Å². The minimum Gasteiger partial charge on any atom is -0.316 e. The molecule has 0 fully saturated rings. The number of rotatable bonds is 13. The SMILES string of the molecule is CCCCCCn1c(-c2cccc(S(=O)(=O)N(CCC)CCC)c2)csc1=Nc1ccccc1. The number of aromatic nitrogens is 1. The fraction of sp³-hybridized carbons (Fsp3) is 0.444. The second kappa shape index (κ2) is 13.0. The van der Waals surface area contributed by atoms with Gasteiger partial charge in [0.05, 0.1) is 16.3 Å². The van der Waals surface area contributed by atoms with Gasteiger partial charge in [-0.15, -0.1) is 11.3 Å². The van der Waals surface area contributed by atoms with Crippen LogP contribution in [-0.4, -0.2) is 30.4 Å². The number of sulfonamides is 1. The molecule has 0 saturated carbocycles. The number of unbranched alkanes of at least 4 members (excludes halogenated alkanes) is 3. The Morgan fingerprint density at radius 2 is 1.62 bits per heavy atom. The van der Waals surface area contributed by atoms with Crippen LogP contribution in [-0.2, 0) is 16.6 Å². The minimum absolute atomic E-state index is 0.359. The van der Waals surface area contributed by atoms with Crippen molar-refractivity contribution in [3.8, 4) is 11.3 Å². The molecule has 0 saturated heterocycles. The van der Waals surface area contributed by atoms with Crippen molar-refractivity contribution < 1.29 is 8.42 Å². The number of nitrogens with zero attached hydrogens (tertiary/aromatic N) is 3. The predicted molar refractivity (Wildman–Crippen MR) is 143 cm³/mol. The van der Waals surface area contributed by atoms with Crippen LogP contribution in [0.3, 0.4) is 0 Å². The van der Waals surface area contributed by atoms with Gasteiger partial charge in [-0.2, -0.15) is 4.31 Å². The molecular formula is C27H37N3O2S2. The normalized spacial score (nSPS) is 12.5. The van der Waals surface area contributed by atoms with E-state index in [9.17, 15) is 8.42 Å². The van der Waals surface area contributed by atoms with Crippen LogP contribution in [0.25, 0.3) is 11.3 Å². The zero-order valence-corrected chi connectivity index (χ0v) is 22.2. The van der Waals surface area contributed by atoms with Crippen LogP contribution >= 0.6 is 11.3 Å².